The average molecular weight is 556 g/mol. The maximum atomic E-state index is 13.1. The van der Waals surface area contributed by atoms with Gasteiger partial charge in [0.1, 0.15) is 0 Å². The van der Waals surface area contributed by atoms with Crippen LogP contribution in [0.4, 0.5) is 10.5 Å². The van der Waals surface area contributed by atoms with Gasteiger partial charge in [-0.15, -0.1) is 0 Å². The van der Waals surface area contributed by atoms with Gasteiger partial charge < -0.3 is 30.2 Å². The molecule has 0 saturated heterocycles. The maximum absolute atomic E-state index is 13.1. The van der Waals surface area contributed by atoms with Gasteiger partial charge in [-0.25, -0.2) is 4.79 Å². The Kier molecular flexibility index (Phi) is 12.6. The Morgan fingerprint density at radius 1 is 0.900 bits per heavy atom. The lowest BCUT2D eigenvalue weighted by Gasteiger charge is -2.27. The minimum Gasteiger partial charge on any atom is -0.493 e. The molecule has 0 fully saturated rings. The van der Waals surface area contributed by atoms with Gasteiger partial charge in [0.15, 0.2) is 11.5 Å². The van der Waals surface area contributed by atoms with Crippen molar-refractivity contribution in [2.24, 2.45) is 0 Å². The first kappa shape index (κ1) is 32.8. The zero-order chi connectivity index (χ0) is 29.9. The first-order valence-corrected chi connectivity index (χ1v) is 14.3. The maximum Gasteiger partial charge on any atom is 0.315 e. The zero-order valence-corrected chi connectivity index (χ0v) is 25.9. The highest BCUT2D eigenvalue weighted by Gasteiger charge is 2.28. The summed E-state index contributed by atoms with van der Waals surface area (Å²) in [6.45, 7) is 12.8. The minimum atomic E-state index is -0.230. The molecule has 2 rings (SSSR count). The average Bonchev–Trinajstić information content (AvgIpc) is 2.89. The Bertz CT molecular complexity index is 1140. The van der Waals surface area contributed by atoms with E-state index in [2.05, 4.69) is 49.7 Å². The molecule has 0 heterocycles. The van der Waals surface area contributed by atoms with Crippen molar-refractivity contribution in [1.29, 1.82) is 0 Å². The van der Waals surface area contributed by atoms with Crippen molar-refractivity contribution < 1.29 is 23.8 Å². The Balaban J connectivity index is 2.64. The molecule has 0 unspecified atom stereocenters. The van der Waals surface area contributed by atoms with Crippen LogP contribution in [0.1, 0.15) is 91.2 Å². The second-order valence-electron chi connectivity index (χ2n) is 11.4. The predicted octanol–water partition coefficient (Wildman–Crippen LogP) is 7.18. The largest absolute Gasteiger partial charge is 0.493 e. The summed E-state index contributed by atoms with van der Waals surface area (Å²) in [5.74, 6) is 1.31. The molecule has 8 nitrogen and oxygen atoms in total. The van der Waals surface area contributed by atoms with E-state index in [0.29, 0.717) is 41.5 Å². The highest BCUT2D eigenvalue weighted by molar-refractivity contribution is 5.99. The molecule has 0 aliphatic rings. The van der Waals surface area contributed by atoms with Gasteiger partial charge >= 0.3 is 6.03 Å². The number of hydrogen-bond donors (Lipinski definition) is 3. The summed E-state index contributed by atoms with van der Waals surface area (Å²) in [6, 6.07) is 7.73. The molecule has 0 aliphatic carbocycles. The lowest BCUT2D eigenvalue weighted by Crippen LogP contribution is -2.39. The fraction of sp³-hybridized carbons (Fsp3) is 0.562. The van der Waals surface area contributed by atoms with Gasteiger partial charge in [-0.05, 0) is 48.4 Å². The molecule has 2 aromatic carbocycles. The highest BCUT2D eigenvalue weighted by atomic mass is 16.5. The van der Waals surface area contributed by atoms with E-state index in [1.807, 2.05) is 26.0 Å². The number of methoxy groups -OCH3 is 3. The monoisotopic (exact) mass is 555 g/mol. The molecule has 0 spiro atoms. The molecule has 0 aliphatic heterocycles. The summed E-state index contributed by atoms with van der Waals surface area (Å²) in [7, 11) is 4.71. The quantitative estimate of drug-likeness (QED) is 0.214. The van der Waals surface area contributed by atoms with Gasteiger partial charge in [-0.3, -0.25) is 4.79 Å². The van der Waals surface area contributed by atoms with Crippen LogP contribution in [0.15, 0.2) is 24.3 Å². The number of carbonyl (C=O) groups is 2. The number of carbonyl (C=O) groups excluding carboxylic acids is 2. The molecule has 0 aromatic heterocycles. The Labute approximate surface area is 240 Å². The molecule has 3 N–H and O–H groups in total. The van der Waals surface area contributed by atoms with Crippen molar-refractivity contribution in [3.63, 3.8) is 0 Å². The molecule has 2 aromatic rings. The van der Waals surface area contributed by atoms with Gasteiger partial charge in [-0.2, -0.15) is 0 Å². The molecule has 222 valence electrons. The summed E-state index contributed by atoms with van der Waals surface area (Å²) in [6.07, 6.45) is 5.76. The standard InChI is InChI=1S/C32H49N3O5/c1-10-11-12-13-14-15-27(36)35-25-19-26(38-7)29(39-8)30(40-9)28(25)23-18-22(16-17-24(23)32(4,5)6)20-33-31(37)34-21(2)3/h16-19,21H,10-15,20H2,1-9H3,(H,35,36)(H2,33,34,37). The van der Waals surface area contributed by atoms with Crippen molar-refractivity contribution in [1.82, 2.24) is 10.6 Å². The summed E-state index contributed by atoms with van der Waals surface area (Å²) >= 11 is 0. The molecular formula is C32H49N3O5. The number of urea groups is 1. The fourth-order valence-electron chi connectivity index (χ4n) is 4.68. The van der Waals surface area contributed by atoms with Gasteiger partial charge in [0.2, 0.25) is 11.7 Å². The van der Waals surface area contributed by atoms with E-state index < -0.39 is 0 Å². The molecule has 0 radical (unpaired) electrons. The molecular weight excluding hydrogens is 506 g/mol. The van der Waals surface area contributed by atoms with Crippen LogP contribution in [0.2, 0.25) is 0 Å². The Morgan fingerprint density at radius 3 is 2.15 bits per heavy atom. The normalized spacial score (nSPS) is 11.2. The number of hydrogen-bond acceptors (Lipinski definition) is 5. The van der Waals surface area contributed by atoms with Crippen LogP contribution < -0.4 is 30.2 Å². The number of unbranched alkanes of at least 4 members (excludes halogenated alkanes) is 4. The third kappa shape index (κ3) is 9.07. The van der Waals surface area contributed by atoms with Crippen LogP contribution in [0.5, 0.6) is 17.2 Å². The van der Waals surface area contributed by atoms with E-state index in [1.165, 1.54) is 6.42 Å². The van der Waals surface area contributed by atoms with Crippen LogP contribution in [0.25, 0.3) is 11.1 Å². The van der Waals surface area contributed by atoms with Crippen molar-refractivity contribution in [3.05, 3.63) is 35.4 Å². The smallest absolute Gasteiger partial charge is 0.315 e. The van der Waals surface area contributed by atoms with Gasteiger partial charge in [-0.1, -0.05) is 65.5 Å². The number of benzene rings is 2. The summed E-state index contributed by atoms with van der Waals surface area (Å²) < 4.78 is 17.3. The first-order chi connectivity index (χ1) is 19.0. The molecule has 3 amide bonds. The van der Waals surface area contributed by atoms with Crippen LogP contribution in [-0.4, -0.2) is 39.3 Å². The van der Waals surface area contributed by atoms with E-state index in [9.17, 15) is 9.59 Å². The Morgan fingerprint density at radius 2 is 1.57 bits per heavy atom. The number of anilines is 1. The van der Waals surface area contributed by atoms with E-state index in [0.717, 1.165) is 42.4 Å². The second-order valence-corrected chi connectivity index (χ2v) is 11.4. The summed E-state index contributed by atoms with van der Waals surface area (Å²) in [5.41, 5.74) is 3.91. The number of amides is 3. The minimum absolute atomic E-state index is 0.0349. The fourth-order valence-corrected chi connectivity index (χ4v) is 4.68. The lowest BCUT2D eigenvalue weighted by molar-refractivity contribution is -0.116. The summed E-state index contributed by atoms with van der Waals surface area (Å²) in [5, 5.41) is 8.91. The second kappa shape index (κ2) is 15.4. The Hall–Kier alpha value is -3.42. The van der Waals surface area contributed by atoms with Crippen LogP contribution in [-0.2, 0) is 16.8 Å². The third-order valence-corrected chi connectivity index (χ3v) is 6.65. The van der Waals surface area contributed by atoms with E-state index in [-0.39, 0.29) is 23.4 Å². The van der Waals surface area contributed by atoms with Gasteiger partial charge in [0, 0.05) is 25.1 Å². The third-order valence-electron chi connectivity index (χ3n) is 6.65. The van der Waals surface area contributed by atoms with E-state index >= 15 is 0 Å². The topological polar surface area (TPSA) is 97.9 Å². The van der Waals surface area contributed by atoms with Crippen LogP contribution in [0, 0.1) is 0 Å². The van der Waals surface area contributed by atoms with Crippen molar-refractivity contribution in [2.75, 3.05) is 26.6 Å². The number of ether oxygens (including phenoxy) is 3. The number of rotatable bonds is 14. The van der Waals surface area contributed by atoms with Gasteiger partial charge in [0.05, 0.1) is 32.6 Å². The first-order valence-electron chi connectivity index (χ1n) is 14.3. The van der Waals surface area contributed by atoms with Crippen molar-refractivity contribution in [2.45, 2.75) is 98.1 Å². The molecule has 8 heteroatoms. The van der Waals surface area contributed by atoms with E-state index in [1.54, 1.807) is 27.4 Å². The van der Waals surface area contributed by atoms with Gasteiger partial charge in [0.25, 0.3) is 0 Å². The van der Waals surface area contributed by atoms with Crippen LogP contribution >= 0.6 is 0 Å². The zero-order valence-electron chi connectivity index (χ0n) is 25.9. The van der Waals surface area contributed by atoms with Crippen molar-refractivity contribution in [3.8, 4) is 28.4 Å². The molecule has 0 saturated carbocycles. The predicted molar refractivity (Wildman–Crippen MR) is 163 cm³/mol. The molecule has 0 bridgehead atoms. The highest BCUT2D eigenvalue weighted by Crippen LogP contribution is 2.51. The van der Waals surface area contributed by atoms with E-state index in [4.69, 9.17) is 14.2 Å². The number of nitrogens with one attached hydrogen (secondary N) is 3. The summed E-state index contributed by atoms with van der Waals surface area (Å²) in [4.78, 5) is 25.4. The molecule has 0 atom stereocenters. The SMILES string of the molecule is CCCCCCCC(=O)Nc1cc(OC)c(OC)c(OC)c1-c1cc(CNC(=O)NC(C)C)ccc1C(C)(C)C. The molecule has 40 heavy (non-hydrogen) atoms. The van der Waals surface area contributed by atoms with Crippen molar-refractivity contribution >= 4 is 17.6 Å². The lowest BCUT2D eigenvalue weighted by atomic mass is 9.80. The van der Waals surface area contributed by atoms with Crippen LogP contribution in [0.3, 0.4) is 0 Å².